The van der Waals surface area contributed by atoms with Gasteiger partial charge in [-0.15, -0.1) is 0 Å². The van der Waals surface area contributed by atoms with Gasteiger partial charge < -0.3 is 14.8 Å². The largest absolute Gasteiger partial charge is 0.455 e. The molecule has 2 atom stereocenters. The summed E-state index contributed by atoms with van der Waals surface area (Å²) in [5.74, 6) is 1.88. The minimum absolute atomic E-state index is 0.0804. The molecule has 132 valence electrons. The van der Waals surface area contributed by atoms with Crippen molar-refractivity contribution in [3.05, 3.63) is 54.6 Å². The van der Waals surface area contributed by atoms with Gasteiger partial charge in [-0.2, -0.15) is 0 Å². The van der Waals surface area contributed by atoms with Gasteiger partial charge in [-0.05, 0) is 43.0 Å². The molecule has 1 fully saturated rings. The molecule has 3 rings (SSSR count). The van der Waals surface area contributed by atoms with Crippen LogP contribution in [0.25, 0.3) is 0 Å². The summed E-state index contributed by atoms with van der Waals surface area (Å²) < 4.78 is 11.7. The Morgan fingerprint density at radius 2 is 1.84 bits per heavy atom. The van der Waals surface area contributed by atoms with E-state index in [0.29, 0.717) is 17.4 Å². The fourth-order valence-electron chi connectivity index (χ4n) is 3.18. The summed E-state index contributed by atoms with van der Waals surface area (Å²) in [7, 11) is 0. The lowest BCUT2D eigenvalue weighted by atomic mass is 9.89. The van der Waals surface area contributed by atoms with E-state index in [0.717, 1.165) is 18.6 Å². The Morgan fingerprint density at radius 3 is 2.64 bits per heavy atom. The lowest BCUT2D eigenvalue weighted by Gasteiger charge is -2.26. The van der Waals surface area contributed by atoms with Gasteiger partial charge in [-0.25, -0.2) is 0 Å². The number of carbonyl (C=O) groups excluding carboxylic acids is 1. The van der Waals surface area contributed by atoms with E-state index in [1.165, 1.54) is 12.8 Å². The van der Waals surface area contributed by atoms with E-state index in [1.54, 1.807) is 0 Å². The molecule has 2 aromatic rings. The van der Waals surface area contributed by atoms with Gasteiger partial charge >= 0.3 is 0 Å². The number of nitrogens with one attached hydrogen (secondary N) is 1. The van der Waals surface area contributed by atoms with Gasteiger partial charge in [0.25, 0.3) is 0 Å². The van der Waals surface area contributed by atoms with Crippen LogP contribution < -0.4 is 10.1 Å². The minimum atomic E-state index is -0.151. The molecule has 2 aromatic carbocycles. The normalized spacial score (nSPS) is 20.0. The molecule has 1 N–H and O–H groups in total. The number of amides is 1. The first-order chi connectivity index (χ1) is 12.2. The van der Waals surface area contributed by atoms with Gasteiger partial charge in [0.05, 0.1) is 11.8 Å². The summed E-state index contributed by atoms with van der Waals surface area (Å²) in [5.41, 5.74) is 0.650. The monoisotopic (exact) mass is 339 g/mol. The molecular formula is C21H25NO3. The third-order valence-corrected chi connectivity index (χ3v) is 4.47. The predicted molar refractivity (Wildman–Crippen MR) is 99.0 cm³/mol. The molecule has 25 heavy (non-hydrogen) atoms. The van der Waals surface area contributed by atoms with Crippen LogP contribution in [0.5, 0.6) is 11.5 Å². The molecule has 1 aliphatic rings. The molecule has 2 unspecified atom stereocenters. The Labute approximate surface area is 149 Å². The van der Waals surface area contributed by atoms with Crippen molar-refractivity contribution in [1.29, 1.82) is 0 Å². The first-order valence-electron chi connectivity index (χ1n) is 8.94. The molecule has 1 amide bonds. The maximum absolute atomic E-state index is 12.2. The van der Waals surface area contributed by atoms with E-state index in [-0.39, 0.29) is 18.6 Å². The average molecular weight is 339 g/mol. The van der Waals surface area contributed by atoms with Crippen molar-refractivity contribution < 1.29 is 14.3 Å². The summed E-state index contributed by atoms with van der Waals surface area (Å²) in [6.45, 7) is 2.32. The Morgan fingerprint density at radius 1 is 1.08 bits per heavy atom. The van der Waals surface area contributed by atoms with E-state index in [9.17, 15) is 4.79 Å². The van der Waals surface area contributed by atoms with Gasteiger partial charge in [0.2, 0.25) is 5.91 Å². The third kappa shape index (κ3) is 5.33. The Balaban J connectivity index is 1.56. The van der Waals surface area contributed by atoms with Crippen LogP contribution in [0.3, 0.4) is 0 Å². The second-order valence-electron chi connectivity index (χ2n) is 6.66. The van der Waals surface area contributed by atoms with Crippen molar-refractivity contribution in [1.82, 2.24) is 0 Å². The number of para-hydroxylation sites is 3. The number of hydrogen-bond acceptors (Lipinski definition) is 3. The van der Waals surface area contributed by atoms with E-state index >= 15 is 0 Å². The van der Waals surface area contributed by atoms with Crippen LogP contribution in [-0.2, 0) is 9.53 Å². The first kappa shape index (κ1) is 17.5. The lowest BCUT2D eigenvalue weighted by Crippen LogP contribution is -2.27. The zero-order valence-corrected chi connectivity index (χ0v) is 14.6. The fourth-order valence-corrected chi connectivity index (χ4v) is 3.18. The Hall–Kier alpha value is -2.33. The van der Waals surface area contributed by atoms with Gasteiger partial charge in [0.15, 0.2) is 5.75 Å². The molecule has 0 bridgehead atoms. The Kier molecular flexibility index (Phi) is 6.07. The van der Waals surface area contributed by atoms with Crippen molar-refractivity contribution >= 4 is 11.6 Å². The van der Waals surface area contributed by atoms with E-state index in [4.69, 9.17) is 9.47 Å². The van der Waals surface area contributed by atoms with E-state index in [2.05, 4.69) is 12.2 Å². The van der Waals surface area contributed by atoms with Crippen LogP contribution in [-0.4, -0.2) is 18.6 Å². The molecule has 0 spiro atoms. The summed E-state index contributed by atoms with van der Waals surface area (Å²) in [5, 5.41) is 2.89. The van der Waals surface area contributed by atoms with Crippen LogP contribution in [0, 0.1) is 5.92 Å². The van der Waals surface area contributed by atoms with Crippen molar-refractivity contribution in [2.45, 2.75) is 38.7 Å². The molecule has 0 aromatic heterocycles. The molecule has 0 saturated heterocycles. The first-order valence-corrected chi connectivity index (χ1v) is 8.94. The van der Waals surface area contributed by atoms with Crippen molar-refractivity contribution in [3.63, 3.8) is 0 Å². The lowest BCUT2D eigenvalue weighted by molar-refractivity contribution is -0.123. The Bertz CT molecular complexity index is 687. The van der Waals surface area contributed by atoms with Crippen LogP contribution in [0.1, 0.15) is 32.6 Å². The standard InChI is InChI=1S/C21H25NO3/c1-16-8-7-11-18(14-16)24-15-21(23)22-19-12-5-6-13-20(19)25-17-9-3-2-4-10-17/h2-6,9-10,12-13,16,18H,7-8,11,14-15H2,1H3,(H,22,23). The number of carbonyl (C=O) groups is 1. The highest BCUT2D eigenvalue weighted by atomic mass is 16.5. The highest BCUT2D eigenvalue weighted by Crippen LogP contribution is 2.29. The van der Waals surface area contributed by atoms with Crippen LogP contribution >= 0.6 is 0 Å². The van der Waals surface area contributed by atoms with Gasteiger partial charge in [0, 0.05) is 0 Å². The fraction of sp³-hybridized carbons (Fsp3) is 0.381. The molecular weight excluding hydrogens is 314 g/mol. The molecule has 0 radical (unpaired) electrons. The smallest absolute Gasteiger partial charge is 0.250 e. The van der Waals surface area contributed by atoms with Gasteiger partial charge in [-0.3, -0.25) is 4.79 Å². The molecule has 1 aliphatic carbocycles. The van der Waals surface area contributed by atoms with E-state index in [1.807, 2.05) is 54.6 Å². The molecule has 1 saturated carbocycles. The summed E-state index contributed by atoms with van der Waals surface area (Å²) >= 11 is 0. The maximum atomic E-state index is 12.2. The predicted octanol–water partition coefficient (Wildman–Crippen LogP) is 5.01. The second kappa shape index (κ2) is 8.67. The van der Waals surface area contributed by atoms with Crippen molar-refractivity contribution in [2.75, 3.05) is 11.9 Å². The molecule has 0 aliphatic heterocycles. The molecule has 0 heterocycles. The van der Waals surface area contributed by atoms with Gasteiger partial charge in [0.1, 0.15) is 12.4 Å². The van der Waals surface area contributed by atoms with Crippen molar-refractivity contribution in [3.8, 4) is 11.5 Å². The zero-order chi connectivity index (χ0) is 17.5. The topological polar surface area (TPSA) is 47.6 Å². The molecule has 4 heteroatoms. The second-order valence-corrected chi connectivity index (χ2v) is 6.66. The molecule has 4 nitrogen and oxygen atoms in total. The zero-order valence-electron chi connectivity index (χ0n) is 14.6. The highest BCUT2D eigenvalue weighted by Gasteiger charge is 2.20. The third-order valence-electron chi connectivity index (χ3n) is 4.47. The highest BCUT2D eigenvalue weighted by molar-refractivity contribution is 5.93. The van der Waals surface area contributed by atoms with Crippen LogP contribution in [0.15, 0.2) is 54.6 Å². The number of rotatable bonds is 6. The number of ether oxygens (including phenoxy) is 2. The number of benzene rings is 2. The van der Waals surface area contributed by atoms with Gasteiger partial charge in [-0.1, -0.05) is 50.1 Å². The maximum Gasteiger partial charge on any atom is 0.250 e. The summed E-state index contributed by atoms with van der Waals surface area (Å²) in [6.07, 6.45) is 4.73. The quantitative estimate of drug-likeness (QED) is 0.804. The number of anilines is 1. The van der Waals surface area contributed by atoms with E-state index < -0.39 is 0 Å². The van der Waals surface area contributed by atoms with Crippen LogP contribution in [0.2, 0.25) is 0 Å². The number of hydrogen-bond donors (Lipinski definition) is 1. The van der Waals surface area contributed by atoms with Crippen LogP contribution in [0.4, 0.5) is 5.69 Å². The summed E-state index contributed by atoms with van der Waals surface area (Å²) in [4.78, 5) is 12.2. The average Bonchev–Trinajstić information content (AvgIpc) is 2.63. The van der Waals surface area contributed by atoms with Crippen molar-refractivity contribution in [2.24, 2.45) is 5.92 Å². The SMILES string of the molecule is CC1CCCC(OCC(=O)Nc2ccccc2Oc2ccccc2)C1. The minimum Gasteiger partial charge on any atom is -0.455 e. The summed E-state index contributed by atoms with van der Waals surface area (Å²) in [6, 6.07) is 16.9.